The molecule has 1 aromatic heterocycles. The molecule has 8 heteroatoms. The first-order valence-electron chi connectivity index (χ1n) is 9.77. The zero-order chi connectivity index (χ0) is 20.7. The number of rotatable bonds is 4. The summed E-state index contributed by atoms with van der Waals surface area (Å²) < 4.78 is 12.3. The number of nitrogens with one attached hydrogen (secondary N) is 1. The lowest BCUT2D eigenvalue weighted by molar-refractivity contribution is -0.116. The number of carbonyl (C=O) groups excluding carboxylic acids is 1. The van der Waals surface area contributed by atoms with E-state index in [1.807, 2.05) is 48.5 Å². The van der Waals surface area contributed by atoms with Crippen molar-refractivity contribution in [3.8, 4) is 11.5 Å². The third kappa shape index (κ3) is 3.01. The second-order valence-electron chi connectivity index (χ2n) is 7.44. The van der Waals surface area contributed by atoms with Crippen molar-refractivity contribution in [1.82, 2.24) is 20.2 Å². The quantitative estimate of drug-likeness (QED) is 0.716. The average Bonchev–Trinajstić information content (AvgIpc) is 3.25. The third-order valence-electron chi connectivity index (χ3n) is 5.78. The van der Waals surface area contributed by atoms with Crippen molar-refractivity contribution in [3.63, 3.8) is 0 Å². The van der Waals surface area contributed by atoms with E-state index in [9.17, 15) is 4.79 Å². The summed E-state index contributed by atoms with van der Waals surface area (Å²) in [7, 11) is 3.27. The van der Waals surface area contributed by atoms with Crippen molar-refractivity contribution in [1.29, 1.82) is 0 Å². The number of methoxy groups -OCH3 is 2. The highest BCUT2D eigenvalue weighted by molar-refractivity contribution is 6.00. The Morgan fingerprint density at radius 1 is 1.00 bits per heavy atom. The van der Waals surface area contributed by atoms with Gasteiger partial charge in [-0.2, -0.15) is 4.68 Å². The van der Waals surface area contributed by atoms with Crippen LogP contribution in [0.5, 0.6) is 11.5 Å². The van der Waals surface area contributed by atoms with Gasteiger partial charge in [0, 0.05) is 17.7 Å². The number of tetrazole rings is 1. The van der Waals surface area contributed by atoms with Crippen LogP contribution in [0.3, 0.4) is 0 Å². The summed E-state index contributed by atoms with van der Waals surface area (Å²) >= 11 is 0. The second-order valence-corrected chi connectivity index (χ2v) is 7.44. The number of hydrogen-bond acceptors (Lipinski definition) is 7. The summed E-state index contributed by atoms with van der Waals surface area (Å²) in [4.78, 5) is 13.4. The van der Waals surface area contributed by atoms with Crippen molar-refractivity contribution in [3.05, 3.63) is 70.9 Å². The number of carbonyl (C=O) groups is 1. The molecule has 30 heavy (non-hydrogen) atoms. The summed E-state index contributed by atoms with van der Waals surface area (Å²) in [5.41, 5.74) is 3.61. The average molecular weight is 403 g/mol. The molecule has 152 valence electrons. The molecule has 5 rings (SSSR count). The molecule has 3 aromatic rings. The van der Waals surface area contributed by atoms with E-state index in [0.29, 0.717) is 24.4 Å². The van der Waals surface area contributed by atoms with Crippen molar-refractivity contribution in [2.24, 2.45) is 0 Å². The summed E-state index contributed by atoms with van der Waals surface area (Å²) in [6.45, 7) is 0. The molecule has 0 radical (unpaired) electrons. The van der Waals surface area contributed by atoms with Gasteiger partial charge in [0.2, 0.25) is 5.95 Å². The van der Waals surface area contributed by atoms with E-state index in [0.717, 1.165) is 28.3 Å². The van der Waals surface area contributed by atoms with E-state index in [2.05, 4.69) is 20.8 Å². The predicted molar refractivity (Wildman–Crippen MR) is 110 cm³/mol. The van der Waals surface area contributed by atoms with E-state index in [4.69, 9.17) is 9.47 Å². The fraction of sp³-hybridized carbons (Fsp3) is 0.273. The molecule has 0 spiro atoms. The van der Waals surface area contributed by atoms with Crippen LogP contribution in [0.1, 0.15) is 35.9 Å². The number of ketones is 1. The molecule has 2 aliphatic rings. The largest absolute Gasteiger partial charge is 0.497 e. The van der Waals surface area contributed by atoms with Gasteiger partial charge in [0.25, 0.3) is 0 Å². The summed E-state index contributed by atoms with van der Waals surface area (Å²) in [6, 6.07) is 15.2. The Bertz CT molecular complexity index is 1140. The highest BCUT2D eigenvalue weighted by Crippen LogP contribution is 2.44. The van der Waals surface area contributed by atoms with Gasteiger partial charge in [0.05, 0.1) is 14.2 Å². The van der Waals surface area contributed by atoms with Gasteiger partial charge in [-0.25, -0.2) is 0 Å². The van der Waals surface area contributed by atoms with Crippen molar-refractivity contribution in [2.45, 2.75) is 24.8 Å². The van der Waals surface area contributed by atoms with Crippen LogP contribution < -0.4 is 14.8 Å². The number of anilines is 1. The van der Waals surface area contributed by atoms with E-state index < -0.39 is 0 Å². The predicted octanol–water partition coefficient (Wildman–Crippen LogP) is 3.11. The van der Waals surface area contributed by atoms with Crippen molar-refractivity contribution in [2.75, 3.05) is 19.5 Å². The molecule has 1 aliphatic carbocycles. The van der Waals surface area contributed by atoms with E-state index in [-0.39, 0.29) is 17.7 Å². The van der Waals surface area contributed by atoms with Crippen molar-refractivity contribution >= 4 is 11.7 Å². The first kappa shape index (κ1) is 18.4. The molecule has 0 bridgehead atoms. The van der Waals surface area contributed by atoms with Crippen LogP contribution in [0.15, 0.2) is 59.8 Å². The monoisotopic (exact) mass is 403 g/mol. The highest BCUT2D eigenvalue weighted by Gasteiger charge is 2.39. The van der Waals surface area contributed by atoms with Crippen LogP contribution in [0, 0.1) is 0 Å². The Morgan fingerprint density at radius 2 is 1.80 bits per heavy atom. The lowest BCUT2D eigenvalue weighted by atomic mass is 9.78. The van der Waals surface area contributed by atoms with Gasteiger partial charge in [0.15, 0.2) is 5.78 Å². The van der Waals surface area contributed by atoms with E-state index >= 15 is 0 Å². The Hall–Kier alpha value is -3.68. The van der Waals surface area contributed by atoms with Gasteiger partial charge in [-0.15, -0.1) is 0 Å². The maximum Gasteiger partial charge on any atom is 0.248 e. The van der Waals surface area contributed by atoms with Crippen LogP contribution in [0.4, 0.5) is 5.95 Å². The molecule has 1 aliphatic heterocycles. The molecule has 0 saturated carbocycles. The summed E-state index contributed by atoms with van der Waals surface area (Å²) in [5, 5.41) is 15.4. The van der Waals surface area contributed by atoms with E-state index in [1.165, 1.54) is 0 Å². The molecule has 2 heterocycles. The Morgan fingerprint density at radius 3 is 2.57 bits per heavy atom. The lowest BCUT2D eigenvalue weighted by Crippen LogP contribution is -2.33. The molecule has 0 fully saturated rings. The van der Waals surface area contributed by atoms with Gasteiger partial charge < -0.3 is 14.8 Å². The third-order valence-corrected chi connectivity index (χ3v) is 5.78. The number of hydrogen-bond donors (Lipinski definition) is 1. The fourth-order valence-electron chi connectivity index (χ4n) is 4.30. The molecular formula is C22H21N5O3. The molecule has 1 N–H and O–H groups in total. The number of fused-ring (bicyclic) bond motifs is 1. The second kappa shape index (κ2) is 7.29. The zero-order valence-electron chi connectivity index (χ0n) is 16.7. The van der Waals surface area contributed by atoms with Crippen LogP contribution in [0.2, 0.25) is 0 Å². The molecule has 0 amide bonds. The number of aromatic nitrogens is 4. The smallest absolute Gasteiger partial charge is 0.248 e. The first-order valence-corrected chi connectivity index (χ1v) is 9.77. The number of ether oxygens (including phenoxy) is 2. The maximum atomic E-state index is 13.4. The van der Waals surface area contributed by atoms with Crippen LogP contribution >= 0.6 is 0 Å². The number of nitrogens with zero attached hydrogens (tertiary/aromatic N) is 4. The first-order chi connectivity index (χ1) is 14.7. The minimum absolute atomic E-state index is 0.0862. The molecule has 2 atom stereocenters. The summed E-state index contributed by atoms with van der Waals surface area (Å²) in [6.07, 6.45) is 1.14. The topological polar surface area (TPSA) is 91.2 Å². The Balaban J connectivity index is 1.56. The Labute approximate surface area is 173 Å². The molecule has 2 aromatic carbocycles. The van der Waals surface area contributed by atoms with Gasteiger partial charge in [0.1, 0.15) is 17.5 Å². The summed E-state index contributed by atoms with van der Waals surface area (Å²) in [5.74, 6) is 2.24. The standard InChI is InChI=1S/C22H21N5O3/c1-29-16-8-6-13(7-9-16)15-11-18-20(19(28)12-15)21(27-22(23-18)24-25-26-27)14-4-3-5-17(10-14)30-2/h3-10,15,21H,11-12H2,1-2H3,(H,23,24,26)/t15-,21-/m1/s1. The molecule has 0 saturated heterocycles. The maximum absolute atomic E-state index is 13.4. The van der Waals surface area contributed by atoms with Gasteiger partial charge >= 0.3 is 0 Å². The fourth-order valence-corrected chi connectivity index (χ4v) is 4.30. The number of benzene rings is 2. The zero-order valence-corrected chi connectivity index (χ0v) is 16.7. The van der Waals surface area contributed by atoms with Gasteiger partial charge in [-0.05, 0) is 58.2 Å². The normalized spacial score (nSPS) is 20.3. The highest BCUT2D eigenvalue weighted by atomic mass is 16.5. The van der Waals surface area contributed by atoms with Crippen LogP contribution in [0.25, 0.3) is 0 Å². The molecule has 0 unspecified atom stereocenters. The van der Waals surface area contributed by atoms with Gasteiger partial charge in [-0.1, -0.05) is 29.4 Å². The minimum Gasteiger partial charge on any atom is -0.497 e. The van der Waals surface area contributed by atoms with Crippen LogP contribution in [-0.4, -0.2) is 40.2 Å². The molecule has 8 nitrogen and oxygen atoms in total. The Kier molecular flexibility index (Phi) is 4.46. The van der Waals surface area contributed by atoms with Crippen molar-refractivity contribution < 1.29 is 14.3 Å². The number of Topliss-reactive ketones (excluding diaryl/α,β-unsaturated/α-hetero) is 1. The number of allylic oxidation sites excluding steroid dienone is 2. The molecular weight excluding hydrogens is 382 g/mol. The lowest BCUT2D eigenvalue weighted by Gasteiger charge is -2.34. The van der Waals surface area contributed by atoms with Crippen LogP contribution in [-0.2, 0) is 4.79 Å². The van der Waals surface area contributed by atoms with E-state index in [1.54, 1.807) is 18.9 Å². The van der Waals surface area contributed by atoms with Gasteiger partial charge in [-0.3, -0.25) is 4.79 Å². The SMILES string of the molecule is COc1ccc([C@H]2CC(=O)C3=C(C2)Nc2nnnn2[C@@H]3c2cccc(OC)c2)cc1. The minimum atomic E-state index is -0.384.